The van der Waals surface area contributed by atoms with E-state index in [2.05, 4.69) is 34.3 Å². The van der Waals surface area contributed by atoms with Crippen LogP contribution in [0.25, 0.3) is 0 Å². The van der Waals surface area contributed by atoms with Crippen molar-refractivity contribution < 1.29 is 0 Å². The van der Waals surface area contributed by atoms with Gasteiger partial charge >= 0.3 is 0 Å². The van der Waals surface area contributed by atoms with Crippen LogP contribution in [0.5, 0.6) is 0 Å². The van der Waals surface area contributed by atoms with Gasteiger partial charge in [-0.2, -0.15) is 0 Å². The van der Waals surface area contributed by atoms with Gasteiger partial charge in [-0.15, -0.1) is 11.6 Å². The second kappa shape index (κ2) is 5.14. The Hall–Kier alpha value is -0.840. The number of anilines is 1. The number of aromatic nitrogens is 4. The Morgan fingerprint density at radius 3 is 2.64 bits per heavy atom. The zero-order valence-electron chi connectivity index (χ0n) is 8.81. The van der Waals surface area contributed by atoms with Crippen molar-refractivity contribution in [3.63, 3.8) is 0 Å². The standard InChI is InChI=1S/C8H16ClN5/c1-7(2)14(6-4-5-9)8-10-11-12-13(8)3/h7H,4-6H2,1-3H3. The van der Waals surface area contributed by atoms with Crippen molar-refractivity contribution in [2.75, 3.05) is 17.3 Å². The number of nitrogens with zero attached hydrogens (tertiary/aromatic N) is 5. The lowest BCUT2D eigenvalue weighted by Crippen LogP contribution is -2.34. The van der Waals surface area contributed by atoms with Gasteiger partial charge in [-0.25, -0.2) is 4.68 Å². The topological polar surface area (TPSA) is 46.8 Å². The van der Waals surface area contributed by atoms with Crippen molar-refractivity contribution >= 4 is 17.5 Å². The average molecular weight is 218 g/mol. The minimum absolute atomic E-state index is 0.378. The van der Waals surface area contributed by atoms with E-state index in [1.54, 1.807) is 4.68 Å². The van der Waals surface area contributed by atoms with Crippen LogP contribution in [-0.4, -0.2) is 38.7 Å². The van der Waals surface area contributed by atoms with E-state index in [1.807, 2.05) is 7.05 Å². The normalized spacial score (nSPS) is 10.9. The largest absolute Gasteiger partial charge is 0.337 e. The van der Waals surface area contributed by atoms with Crippen molar-refractivity contribution in [2.24, 2.45) is 7.05 Å². The van der Waals surface area contributed by atoms with Gasteiger partial charge in [-0.3, -0.25) is 0 Å². The van der Waals surface area contributed by atoms with E-state index >= 15 is 0 Å². The van der Waals surface area contributed by atoms with Gasteiger partial charge in [-0.1, -0.05) is 5.10 Å². The Kier molecular flexibility index (Phi) is 4.13. The summed E-state index contributed by atoms with van der Waals surface area (Å²) in [7, 11) is 1.84. The Balaban J connectivity index is 2.73. The van der Waals surface area contributed by atoms with Crippen molar-refractivity contribution in [3.8, 4) is 0 Å². The monoisotopic (exact) mass is 217 g/mol. The van der Waals surface area contributed by atoms with E-state index in [9.17, 15) is 0 Å². The molecule has 14 heavy (non-hydrogen) atoms. The summed E-state index contributed by atoms with van der Waals surface area (Å²) in [5, 5.41) is 11.4. The predicted octanol–water partition coefficient (Wildman–Crippen LogP) is 1.05. The predicted molar refractivity (Wildman–Crippen MR) is 56.6 cm³/mol. The van der Waals surface area contributed by atoms with Crippen LogP contribution < -0.4 is 4.90 Å². The molecule has 1 heterocycles. The summed E-state index contributed by atoms with van der Waals surface area (Å²) >= 11 is 5.67. The second-order valence-corrected chi connectivity index (χ2v) is 3.81. The molecule has 5 nitrogen and oxygen atoms in total. The third-order valence-corrected chi connectivity index (χ3v) is 2.28. The fourth-order valence-corrected chi connectivity index (χ4v) is 1.41. The molecule has 0 unspecified atom stereocenters. The molecule has 0 bridgehead atoms. The number of rotatable bonds is 5. The average Bonchev–Trinajstić information content (AvgIpc) is 2.52. The smallest absolute Gasteiger partial charge is 0.245 e. The maximum atomic E-state index is 5.67. The van der Waals surface area contributed by atoms with Gasteiger partial charge in [0.2, 0.25) is 5.95 Å². The van der Waals surface area contributed by atoms with E-state index in [0.29, 0.717) is 11.9 Å². The summed E-state index contributed by atoms with van der Waals surface area (Å²) in [6.45, 7) is 5.11. The molecule has 0 saturated carbocycles. The molecule has 0 saturated heterocycles. The first-order valence-electron chi connectivity index (χ1n) is 4.71. The summed E-state index contributed by atoms with van der Waals surface area (Å²) in [5.41, 5.74) is 0. The molecule has 80 valence electrons. The number of hydrogen-bond donors (Lipinski definition) is 0. The van der Waals surface area contributed by atoms with Crippen LogP contribution in [0.1, 0.15) is 20.3 Å². The molecule has 0 N–H and O–H groups in total. The van der Waals surface area contributed by atoms with Crippen molar-refractivity contribution in [2.45, 2.75) is 26.3 Å². The van der Waals surface area contributed by atoms with Gasteiger partial charge in [0.1, 0.15) is 0 Å². The third kappa shape index (κ3) is 2.57. The third-order valence-electron chi connectivity index (χ3n) is 2.01. The van der Waals surface area contributed by atoms with Gasteiger partial charge in [0.25, 0.3) is 0 Å². The quantitative estimate of drug-likeness (QED) is 0.692. The van der Waals surface area contributed by atoms with Gasteiger partial charge in [0.05, 0.1) is 0 Å². The molecule has 0 aliphatic heterocycles. The molecule has 0 aromatic carbocycles. The minimum Gasteiger partial charge on any atom is -0.337 e. The van der Waals surface area contributed by atoms with Crippen LogP contribution in [-0.2, 0) is 7.05 Å². The van der Waals surface area contributed by atoms with Crippen LogP contribution >= 0.6 is 11.6 Å². The zero-order chi connectivity index (χ0) is 10.6. The van der Waals surface area contributed by atoms with Gasteiger partial charge in [0, 0.05) is 25.5 Å². The van der Waals surface area contributed by atoms with Crippen molar-refractivity contribution in [1.82, 2.24) is 20.2 Å². The molecule has 0 radical (unpaired) electrons. The highest BCUT2D eigenvalue weighted by Gasteiger charge is 2.15. The molecule has 0 atom stereocenters. The Bertz CT molecular complexity index is 272. The lowest BCUT2D eigenvalue weighted by Gasteiger charge is -2.25. The molecule has 0 aliphatic carbocycles. The fraction of sp³-hybridized carbons (Fsp3) is 0.875. The first kappa shape index (κ1) is 11.2. The molecule has 0 fully saturated rings. The molecular weight excluding hydrogens is 202 g/mol. The second-order valence-electron chi connectivity index (χ2n) is 3.43. The SMILES string of the molecule is CC(C)N(CCCCl)c1nnnn1C. The Morgan fingerprint density at radius 1 is 1.50 bits per heavy atom. The molecule has 1 aromatic rings. The number of tetrazole rings is 1. The first-order valence-corrected chi connectivity index (χ1v) is 5.25. The van der Waals surface area contributed by atoms with E-state index in [1.165, 1.54) is 0 Å². The summed E-state index contributed by atoms with van der Waals surface area (Å²) in [6.07, 6.45) is 0.937. The van der Waals surface area contributed by atoms with E-state index in [0.717, 1.165) is 18.9 Å². The maximum Gasteiger partial charge on any atom is 0.245 e. The highest BCUT2D eigenvalue weighted by atomic mass is 35.5. The lowest BCUT2D eigenvalue weighted by atomic mass is 10.3. The van der Waals surface area contributed by atoms with Crippen LogP contribution in [0.15, 0.2) is 0 Å². The van der Waals surface area contributed by atoms with Gasteiger partial charge < -0.3 is 4.90 Å². The molecule has 0 aliphatic rings. The minimum atomic E-state index is 0.378. The fourth-order valence-electron chi connectivity index (χ4n) is 1.29. The first-order chi connectivity index (χ1) is 6.66. The highest BCUT2D eigenvalue weighted by molar-refractivity contribution is 6.17. The number of hydrogen-bond acceptors (Lipinski definition) is 4. The van der Waals surface area contributed by atoms with Crippen LogP contribution in [0.3, 0.4) is 0 Å². The van der Waals surface area contributed by atoms with E-state index in [-0.39, 0.29) is 0 Å². The Labute approximate surface area is 89.0 Å². The van der Waals surface area contributed by atoms with Crippen LogP contribution in [0.4, 0.5) is 5.95 Å². The number of halogens is 1. The van der Waals surface area contributed by atoms with Crippen LogP contribution in [0.2, 0.25) is 0 Å². The maximum absolute atomic E-state index is 5.67. The molecule has 0 spiro atoms. The summed E-state index contributed by atoms with van der Waals surface area (Å²) in [5.74, 6) is 1.46. The molecular formula is C8H16ClN5. The molecule has 0 amide bonds. The lowest BCUT2D eigenvalue weighted by molar-refractivity contribution is 0.621. The van der Waals surface area contributed by atoms with E-state index in [4.69, 9.17) is 11.6 Å². The van der Waals surface area contributed by atoms with Gasteiger partial charge in [-0.05, 0) is 30.7 Å². The summed E-state index contributed by atoms with van der Waals surface area (Å²) < 4.78 is 1.67. The van der Waals surface area contributed by atoms with E-state index < -0.39 is 0 Å². The molecule has 6 heteroatoms. The highest BCUT2D eigenvalue weighted by Crippen LogP contribution is 2.11. The number of alkyl halides is 1. The van der Waals surface area contributed by atoms with Crippen molar-refractivity contribution in [1.29, 1.82) is 0 Å². The van der Waals surface area contributed by atoms with Crippen molar-refractivity contribution in [3.05, 3.63) is 0 Å². The summed E-state index contributed by atoms with van der Waals surface area (Å²) in [6, 6.07) is 0.378. The zero-order valence-corrected chi connectivity index (χ0v) is 9.57. The molecule has 1 rings (SSSR count). The Morgan fingerprint density at radius 2 is 2.21 bits per heavy atom. The molecule has 1 aromatic heterocycles. The van der Waals surface area contributed by atoms with Gasteiger partial charge in [0.15, 0.2) is 0 Å². The summed E-state index contributed by atoms with van der Waals surface area (Å²) in [4.78, 5) is 2.14. The van der Waals surface area contributed by atoms with Crippen LogP contribution in [0, 0.1) is 0 Å². The number of aryl methyl sites for hydroxylation is 1.